The van der Waals surface area contributed by atoms with Crippen molar-refractivity contribution >= 4 is 5.84 Å². The highest BCUT2D eigenvalue weighted by atomic mass is 19.1. The lowest BCUT2D eigenvalue weighted by atomic mass is 10.1. The van der Waals surface area contributed by atoms with Crippen molar-refractivity contribution in [2.24, 2.45) is 10.9 Å². The Bertz CT molecular complexity index is 592. The maximum Gasteiger partial charge on any atom is 0.206 e. The van der Waals surface area contributed by atoms with Crippen LogP contribution in [0.5, 0.6) is 0 Å². The summed E-state index contributed by atoms with van der Waals surface area (Å²) in [4.78, 5) is 3.99. The average Bonchev–Trinajstić information content (AvgIpc) is 2.81. The van der Waals surface area contributed by atoms with Crippen LogP contribution in [0, 0.1) is 12.7 Å². The van der Waals surface area contributed by atoms with Gasteiger partial charge in [-0.3, -0.25) is 0 Å². The van der Waals surface area contributed by atoms with Crippen LogP contribution in [-0.2, 0) is 6.54 Å². The number of aryl methyl sites for hydroxylation is 1. The van der Waals surface area contributed by atoms with Gasteiger partial charge in [-0.05, 0) is 30.2 Å². The molecule has 0 fully saturated rings. The molecule has 6 heteroatoms. The van der Waals surface area contributed by atoms with Crippen molar-refractivity contribution in [1.29, 1.82) is 0 Å². The normalized spacial score (nSPS) is 11.8. The zero-order valence-electron chi connectivity index (χ0n) is 9.84. The van der Waals surface area contributed by atoms with Crippen molar-refractivity contribution in [3.05, 3.63) is 53.4 Å². The van der Waals surface area contributed by atoms with Gasteiger partial charge in [-0.15, -0.1) is 0 Å². The quantitative estimate of drug-likeness (QED) is 0.374. The second-order valence-corrected chi connectivity index (χ2v) is 3.93. The van der Waals surface area contributed by atoms with Crippen LogP contribution in [0.1, 0.15) is 17.0 Å². The Hall–Kier alpha value is -2.37. The molecule has 18 heavy (non-hydrogen) atoms. The Labute approximate surface area is 103 Å². The van der Waals surface area contributed by atoms with Gasteiger partial charge in [0.25, 0.3) is 0 Å². The molecule has 0 saturated heterocycles. The number of hydrogen-bond acceptors (Lipinski definition) is 3. The van der Waals surface area contributed by atoms with Gasteiger partial charge in [-0.25, -0.2) is 9.37 Å². The van der Waals surface area contributed by atoms with Gasteiger partial charge in [0, 0.05) is 18.9 Å². The molecule has 94 valence electrons. The first kappa shape index (κ1) is 12.1. The molecule has 1 aromatic heterocycles. The number of benzene rings is 1. The van der Waals surface area contributed by atoms with E-state index in [9.17, 15) is 4.39 Å². The number of aromatic nitrogens is 2. The Morgan fingerprint density at radius 1 is 1.56 bits per heavy atom. The first-order chi connectivity index (χ1) is 8.61. The van der Waals surface area contributed by atoms with Gasteiger partial charge in [0.05, 0.1) is 0 Å². The van der Waals surface area contributed by atoms with E-state index in [1.165, 1.54) is 12.1 Å². The molecule has 0 spiro atoms. The number of imidazole rings is 1. The van der Waals surface area contributed by atoms with Crippen LogP contribution >= 0.6 is 0 Å². The van der Waals surface area contributed by atoms with Crippen molar-refractivity contribution in [3.63, 3.8) is 0 Å². The molecule has 3 N–H and O–H groups in total. The van der Waals surface area contributed by atoms with Crippen molar-refractivity contribution in [2.45, 2.75) is 13.5 Å². The average molecular weight is 248 g/mol. The summed E-state index contributed by atoms with van der Waals surface area (Å²) in [7, 11) is 0. The van der Waals surface area contributed by atoms with E-state index in [2.05, 4.69) is 10.1 Å². The molecular formula is C12H13FN4O. The van der Waals surface area contributed by atoms with Gasteiger partial charge in [-0.2, -0.15) is 0 Å². The van der Waals surface area contributed by atoms with Crippen molar-refractivity contribution < 1.29 is 9.60 Å². The molecule has 1 heterocycles. The summed E-state index contributed by atoms with van der Waals surface area (Å²) in [5.41, 5.74) is 7.29. The van der Waals surface area contributed by atoms with Crippen LogP contribution < -0.4 is 5.73 Å². The van der Waals surface area contributed by atoms with Gasteiger partial charge in [0.1, 0.15) is 5.82 Å². The van der Waals surface area contributed by atoms with E-state index in [-0.39, 0.29) is 11.7 Å². The molecule has 1 aromatic carbocycles. The molecule has 2 aromatic rings. The molecule has 0 saturated carbocycles. The lowest BCUT2D eigenvalue weighted by Gasteiger charge is -2.09. The monoisotopic (exact) mass is 248 g/mol. The number of amidine groups is 1. The summed E-state index contributed by atoms with van der Waals surface area (Å²) < 4.78 is 14.9. The maximum atomic E-state index is 13.2. The van der Waals surface area contributed by atoms with E-state index in [4.69, 9.17) is 10.9 Å². The third-order valence-corrected chi connectivity index (χ3v) is 2.70. The summed E-state index contributed by atoms with van der Waals surface area (Å²) in [5, 5.41) is 11.6. The second-order valence-electron chi connectivity index (χ2n) is 3.93. The van der Waals surface area contributed by atoms with Crippen molar-refractivity contribution in [1.82, 2.24) is 9.55 Å². The van der Waals surface area contributed by atoms with Gasteiger partial charge in [-0.1, -0.05) is 11.2 Å². The highest BCUT2D eigenvalue weighted by molar-refractivity contribution is 5.93. The minimum atomic E-state index is -0.291. The standard InChI is InChI=1S/C12H13FN4O/c1-8-2-3-10(13)6-9(8)7-17-5-4-15-12(17)11(14)16-18/h2-6,18H,7H2,1H3,(H2,14,16). The summed E-state index contributed by atoms with van der Waals surface area (Å²) in [6.45, 7) is 2.31. The summed E-state index contributed by atoms with van der Waals surface area (Å²) in [6, 6.07) is 4.59. The largest absolute Gasteiger partial charge is 0.409 e. The van der Waals surface area contributed by atoms with Crippen LogP contribution in [0.25, 0.3) is 0 Å². The minimum Gasteiger partial charge on any atom is -0.409 e. The Balaban J connectivity index is 2.35. The van der Waals surface area contributed by atoms with Crippen LogP contribution in [0.15, 0.2) is 35.7 Å². The Morgan fingerprint density at radius 3 is 3.06 bits per heavy atom. The van der Waals surface area contributed by atoms with Crippen LogP contribution in [0.4, 0.5) is 4.39 Å². The predicted molar refractivity (Wildman–Crippen MR) is 65.0 cm³/mol. The zero-order valence-corrected chi connectivity index (χ0v) is 9.84. The van der Waals surface area contributed by atoms with Crippen molar-refractivity contribution in [3.8, 4) is 0 Å². The molecular weight excluding hydrogens is 235 g/mol. The molecule has 5 nitrogen and oxygen atoms in total. The molecule has 0 unspecified atom stereocenters. The number of nitrogens with zero attached hydrogens (tertiary/aromatic N) is 3. The molecule has 0 radical (unpaired) electrons. The second kappa shape index (κ2) is 4.87. The highest BCUT2D eigenvalue weighted by Crippen LogP contribution is 2.13. The van der Waals surface area contributed by atoms with Gasteiger partial charge in [0.15, 0.2) is 5.82 Å². The number of rotatable bonds is 3. The fourth-order valence-electron chi connectivity index (χ4n) is 1.71. The Morgan fingerprint density at radius 2 is 2.33 bits per heavy atom. The van der Waals surface area contributed by atoms with Gasteiger partial charge in [0.2, 0.25) is 5.84 Å². The van der Waals surface area contributed by atoms with E-state index >= 15 is 0 Å². The first-order valence-corrected chi connectivity index (χ1v) is 5.36. The van der Waals surface area contributed by atoms with E-state index in [0.29, 0.717) is 12.4 Å². The third kappa shape index (κ3) is 2.32. The van der Waals surface area contributed by atoms with Crippen LogP contribution in [0.2, 0.25) is 0 Å². The third-order valence-electron chi connectivity index (χ3n) is 2.70. The molecule has 0 atom stereocenters. The van der Waals surface area contributed by atoms with Gasteiger partial charge < -0.3 is 15.5 Å². The van der Waals surface area contributed by atoms with E-state index in [1.54, 1.807) is 23.0 Å². The van der Waals surface area contributed by atoms with E-state index in [1.807, 2.05) is 6.92 Å². The fourth-order valence-corrected chi connectivity index (χ4v) is 1.71. The molecule has 0 aliphatic heterocycles. The number of halogens is 1. The summed E-state index contributed by atoms with van der Waals surface area (Å²) >= 11 is 0. The predicted octanol–water partition coefficient (Wildman–Crippen LogP) is 1.47. The summed E-state index contributed by atoms with van der Waals surface area (Å²) in [6.07, 6.45) is 3.24. The minimum absolute atomic E-state index is 0.0749. The molecule has 0 aliphatic carbocycles. The molecule has 0 bridgehead atoms. The van der Waals surface area contributed by atoms with E-state index < -0.39 is 0 Å². The molecule has 2 rings (SSSR count). The zero-order chi connectivity index (χ0) is 13.1. The summed E-state index contributed by atoms with van der Waals surface area (Å²) in [5.74, 6) is -0.0173. The van der Waals surface area contributed by atoms with Crippen molar-refractivity contribution in [2.75, 3.05) is 0 Å². The lowest BCUT2D eigenvalue weighted by Crippen LogP contribution is -2.20. The number of nitrogens with two attached hydrogens (primary N) is 1. The van der Waals surface area contributed by atoms with Crippen LogP contribution in [0.3, 0.4) is 0 Å². The lowest BCUT2D eigenvalue weighted by molar-refractivity contribution is 0.318. The number of oxime groups is 1. The SMILES string of the molecule is Cc1ccc(F)cc1Cn1ccnc1/C(N)=N/O. The fraction of sp³-hybridized carbons (Fsp3) is 0.167. The van der Waals surface area contributed by atoms with Gasteiger partial charge >= 0.3 is 0 Å². The van der Waals surface area contributed by atoms with Crippen LogP contribution in [-0.4, -0.2) is 20.6 Å². The smallest absolute Gasteiger partial charge is 0.206 e. The highest BCUT2D eigenvalue weighted by Gasteiger charge is 2.09. The van der Waals surface area contributed by atoms with E-state index in [0.717, 1.165) is 11.1 Å². The maximum absolute atomic E-state index is 13.2. The molecule has 0 amide bonds. The first-order valence-electron chi connectivity index (χ1n) is 5.36. The Kier molecular flexibility index (Phi) is 3.27. The topological polar surface area (TPSA) is 76.4 Å². The molecule has 0 aliphatic rings. The number of hydrogen-bond donors (Lipinski definition) is 2.